The highest BCUT2D eigenvalue weighted by atomic mass is 16.2. The van der Waals surface area contributed by atoms with Gasteiger partial charge in [0.05, 0.1) is 0 Å². The summed E-state index contributed by atoms with van der Waals surface area (Å²) in [5.74, 6) is 1.05. The summed E-state index contributed by atoms with van der Waals surface area (Å²) in [6.07, 6.45) is 6.52. The Morgan fingerprint density at radius 2 is 2.00 bits per heavy atom. The Bertz CT molecular complexity index is 770. The Kier molecular flexibility index (Phi) is 2.85. The van der Waals surface area contributed by atoms with Gasteiger partial charge in [-0.2, -0.15) is 5.10 Å². The van der Waals surface area contributed by atoms with Crippen LogP contribution >= 0.6 is 0 Å². The maximum Gasteiger partial charge on any atom is 0.271 e. The van der Waals surface area contributed by atoms with Crippen molar-refractivity contribution in [3.05, 3.63) is 60.2 Å². The molecule has 1 amide bonds. The monoisotopic (exact) mass is 276 g/mol. The Labute approximate surface area is 123 Å². The first-order valence-corrected chi connectivity index (χ1v) is 7.34. The third-order valence-corrected chi connectivity index (χ3v) is 4.50. The topological polar surface area (TPSA) is 41.5 Å². The van der Waals surface area contributed by atoms with Crippen LogP contribution in [0.3, 0.4) is 0 Å². The van der Waals surface area contributed by atoms with Crippen molar-refractivity contribution in [3.8, 4) is 0 Å². The summed E-state index contributed by atoms with van der Waals surface area (Å²) in [5.41, 5.74) is 4.53. The van der Waals surface area contributed by atoms with Gasteiger partial charge in [-0.25, -0.2) is 5.43 Å². The second-order valence-corrected chi connectivity index (χ2v) is 5.71. The Morgan fingerprint density at radius 1 is 1.14 bits per heavy atom. The molecule has 3 heteroatoms. The van der Waals surface area contributed by atoms with E-state index in [9.17, 15) is 4.79 Å². The number of hydrazone groups is 1. The third kappa shape index (κ3) is 2.05. The number of fused-ring (bicyclic) bond motifs is 2. The van der Waals surface area contributed by atoms with E-state index in [1.165, 1.54) is 0 Å². The van der Waals surface area contributed by atoms with Crippen molar-refractivity contribution in [1.29, 1.82) is 0 Å². The average Bonchev–Trinajstić information content (AvgIpc) is 2.88. The lowest BCUT2D eigenvalue weighted by atomic mass is 9.74. The molecule has 2 aromatic carbocycles. The minimum absolute atomic E-state index is 0.131. The van der Waals surface area contributed by atoms with Crippen LogP contribution < -0.4 is 5.43 Å². The highest BCUT2D eigenvalue weighted by Crippen LogP contribution is 2.40. The molecule has 2 aliphatic carbocycles. The molecule has 21 heavy (non-hydrogen) atoms. The molecule has 0 unspecified atom stereocenters. The molecule has 0 aromatic heterocycles. The fourth-order valence-electron chi connectivity index (χ4n) is 3.27. The van der Waals surface area contributed by atoms with Gasteiger partial charge in [0.25, 0.3) is 5.91 Å². The summed E-state index contributed by atoms with van der Waals surface area (Å²) < 4.78 is 0. The van der Waals surface area contributed by atoms with E-state index >= 15 is 0 Å². The van der Waals surface area contributed by atoms with Crippen LogP contribution in [0.4, 0.5) is 0 Å². The first kappa shape index (κ1) is 12.3. The largest absolute Gasteiger partial charge is 0.271 e. The smallest absolute Gasteiger partial charge is 0.267 e. The van der Waals surface area contributed by atoms with Gasteiger partial charge in [-0.3, -0.25) is 4.79 Å². The summed E-state index contributed by atoms with van der Waals surface area (Å²) in [7, 11) is 0. The highest BCUT2D eigenvalue weighted by molar-refractivity contribution is 6.07. The molecule has 0 aliphatic heterocycles. The second-order valence-electron chi connectivity index (χ2n) is 5.71. The lowest BCUT2D eigenvalue weighted by Gasteiger charge is -2.31. The SMILES string of the molecule is O=C(N/N=C1\C[C@H]2C=CC[C@@H]12)c1cccc2ccccc12. The van der Waals surface area contributed by atoms with E-state index in [4.69, 9.17) is 0 Å². The molecule has 0 bridgehead atoms. The number of hydrogen-bond donors (Lipinski definition) is 1. The van der Waals surface area contributed by atoms with Crippen LogP contribution in [0.25, 0.3) is 10.8 Å². The molecule has 0 heterocycles. The van der Waals surface area contributed by atoms with Crippen molar-refractivity contribution in [3.63, 3.8) is 0 Å². The molecule has 2 atom stereocenters. The van der Waals surface area contributed by atoms with Gasteiger partial charge in [0.15, 0.2) is 0 Å². The first-order chi connectivity index (χ1) is 10.3. The zero-order chi connectivity index (χ0) is 14.2. The van der Waals surface area contributed by atoms with Gasteiger partial charge in [0.1, 0.15) is 0 Å². The zero-order valence-electron chi connectivity index (χ0n) is 11.6. The molecular formula is C18H16N2O. The predicted molar refractivity (Wildman–Crippen MR) is 84.2 cm³/mol. The highest BCUT2D eigenvalue weighted by Gasteiger charge is 2.38. The molecule has 0 spiro atoms. The molecule has 2 aliphatic rings. The van der Waals surface area contributed by atoms with E-state index in [1.54, 1.807) is 0 Å². The number of hydrogen-bond acceptors (Lipinski definition) is 2. The number of rotatable bonds is 2. The normalized spacial score (nSPS) is 24.9. The standard InChI is InChI=1S/C18H16N2O/c21-18(20-19-17-11-13-7-4-9-15(13)17)16-10-3-6-12-5-1-2-8-14(12)16/h1-8,10,13,15H,9,11H2,(H,20,21)/b19-17+/t13-,15-/m1/s1. The fraction of sp³-hybridized carbons (Fsp3) is 0.222. The van der Waals surface area contributed by atoms with E-state index in [1.807, 2.05) is 42.5 Å². The molecular weight excluding hydrogens is 260 g/mol. The maximum absolute atomic E-state index is 12.4. The minimum Gasteiger partial charge on any atom is -0.267 e. The van der Waals surface area contributed by atoms with Crippen LogP contribution in [0.2, 0.25) is 0 Å². The predicted octanol–water partition coefficient (Wildman–Crippen LogP) is 3.52. The average molecular weight is 276 g/mol. The van der Waals surface area contributed by atoms with E-state index in [-0.39, 0.29) is 5.91 Å². The Hall–Kier alpha value is -2.42. The van der Waals surface area contributed by atoms with Gasteiger partial charge in [-0.15, -0.1) is 0 Å². The van der Waals surface area contributed by atoms with Gasteiger partial charge >= 0.3 is 0 Å². The maximum atomic E-state index is 12.4. The summed E-state index contributed by atoms with van der Waals surface area (Å²) in [6, 6.07) is 13.7. The van der Waals surface area contributed by atoms with Gasteiger partial charge in [0.2, 0.25) is 0 Å². The number of allylic oxidation sites excluding steroid dienone is 2. The summed E-state index contributed by atoms with van der Waals surface area (Å²) in [4.78, 5) is 12.4. The Balaban J connectivity index is 1.56. The molecule has 104 valence electrons. The van der Waals surface area contributed by atoms with Crippen molar-refractivity contribution >= 4 is 22.4 Å². The van der Waals surface area contributed by atoms with Crippen molar-refractivity contribution in [2.75, 3.05) is 0 Å². The van der Waals surface area contributed by atoms with E-state index in [0.29, 0.717) is 17.4 Å². The van der Waals surface area contributed by atoms with Crippen LogP contribution in [-0.2, 0) is 0 Å². The minimum atomic E-state index is -0.131. The number of carbonyl (C=O) groups excluding carboxylic acids is 1. The quantitative estimate of drug-likeness (QED) is 0.661. The zero-order valence-corrected chi connectivity index (χ0v) is 11.6. The van der Waals surface area contributed by atoms with Crippen molar-refractivity contribution in [1.82, 2.24) is 5.43 Å². The third-order valence-electron chi connectivity index (χ3n) is 4.50. The molecule has 1 N–H and O–H groups in total. The molecule has 1 saturated carbocycles. The van der Waals surface area contributed by atoms with Gasteiger partial charge in [-0.05, 0) is 35.6 Å². The lowest BCUT2D eigenvalue weighted by molar-refractivity contribution is 0.0955. The fourth-order valence-corrected chi connectivity index (χ4v) is 3.27. The number of nitrogens with one attached hydrogen (secondary N) is 1. The van der Waals surface area contributed by atoms with Gasteiger partial charge in [-0.1, -0.05) is 48.6 Å². The van der Waals surface area contributed by atoms with Crippen molar-refractivity contribution in [2.24, 2.45) is 16.9 Å². The van der Waals surface area contributed by atoms with Gasteiger partial charge in [0, 0.05) is 17.2 Å². The van der Waals surface area contributed by atoms with Crippen LogP contribution in [0.15, 0.2) is 59.7 Å². The lowest BCUT2D eigenvalue weighted by Crippen LogP contribution is -2.35. The molecule has 0 saturated heterocycles. The molecule has 2 aromatic rings. The molecule has 0 radical (unpaired) electrons. The summed E-state index contributed by atoms with van der Waals surface area (Å²) >= 11 is 0. The van der Waals surface area contributed by atoms with Crippen LogP contribution in [0, 0.1) is 11.8 Å². The van der Waals surface area contributed by atoms with E-state index in [0.717, 1.165) is 29.3 Å². The molecule has 1 fully saturated rings. The Morgan fingerprint density at radius 3 is 2.90 bits per heavy atom. The number of benzene rings is 2. The van der Waals surface area contributed by atoms with Crippen molar-refractivity contribution < 1.29 is 4.79 Å². The number of amides is 1. The van der Waals surface area contributed by atoms with Crippen LogP contribution in [-0.4, -0.2) is 11.6 Å². The van der Waals surface area contributed by atoms with Crippen LogP contribution in [0.5, 0.6) is 0 Å². The van der Waals surface area contributed by atoms with E-state index in [2.05, 4.69) is 22.7 Å². The summed E-state index contributed by atoms with van der Waals surface area (Å²) in [5, 5.41) is 6.37. The van der Waals surface area contributed by atoms with E-state index < -0.39 is 0 Å². The first-order valence-electron chi connectivity index (χ1n) is 7.34. The van der Waals surface area contributed by atoms with Gasteiger partial charge < -0.3 is 0 Å². The molecule has 4 rings (SSSR count). The van der Waals surface area contributed by atoms with Crippen LogP contribution in [0.1, 0.15) is 23.2 Å². The second kappa shape index (κ2) is 4.85. The number of carbonyl (C=O) groups is 1. The molecule has 3 nitrogen and oxygen atoms in total. The summed E-state index contributed by atoms with van der Waals surface area (Å²) in [6.45, 7) is 0. The van der Waals surface area contributed by atoms with Crippen molar-refractivity contribution in [2.45, 2.75) is 12.8 Å². The number of nitrogens with zero attached hydrogens (tertiary/aromatic N) is 1.